The van der Waals surface area contributed by atoms with Gasteiger partial charge in [0.25, 0.3) is 17.5 Å². The molecule has 2 aliphatic heterocycles. The highest BCUT2D eigenvalue weighted by molar-refractivity contribution is 6.48. The highest BCUT2D eigenvalue weighted by Crippen LogP contribution is 2.67. The van der Waals surface area contributed by atoms with Crippen molar-refractivity contribution in [2.45, 2.75) is 31.0 Å². The lowest BCUT2D eigenvalue weighted by molar-refractivity contribution is -0.312. The Kier molecular flexibility index (Phi) is 4.15. The summed E-state index contributed by atoms with van der Waals surface area (Å²) in [5.74, 6) is -6.65. The number of amides is 1. The van der Waals surface area contributed by atoms with E-state index in [2.05, 4.69) is 0 Å². The van der Waals surface area contributed by atoms with E-state index in [4.69, 9.17) is 9.47 Å². The third-order valence-corrected chi connectivity index (χ3v) is 6.47. The van der Waals surface area contributed by atoms with Crippen molar-refractivity contribution in [2.75, 3.05) is 13.7 Å². The summed E-state index contributed by atoms with van der Waals surface area (Å²) in [5, 5.41) is 35.0. The second kappa shape index (κ2) is 6.41. The molecule has 0 saturated carbocycles. The van der Waals surface area contributed by atoms with Crippen molar-refractivity contribution >= 4 is 17.4 Å². The first-order valence-electron chi connectivity index (χ1n) is 10.3. The lowest BCUT2D eigenvalue weighted by Gasteiger charge is -2.45. The number of Topliss-reactive ketones (excluding diaryl/α,β-unsaturated/α-hetero) is 1. The predicted octanol–water partition coefficient (Wildman–Crippen LogP) is 1.24. The number of hydrogen-bond acceptors (Lipinski definition) is 7. The standard InChI is InChI=1S/C24H23NO7/c1-13(2)12-25-21(27)19(26)18-20(14-8-10-15(31-3)11-9-14)32-24(30)17-7-5-4-6-16(17)23(28,29)22(18,24)25/h4-11,13,28-30H,12H2,1-3H3/t22-,24-/m0/s1. The molecule has 2 aromatic rings. The van der Waals surface area contributed by atoms with E-state index in [1.807, 2.05) is 13.8 Å². The van der Waals surface area contributed by atoms with Crippen LogP contribution in [0.25, 0.3) is 5.76 Å². The van der Waals surface area contributed by atoms with Crippen LogP contribution in [0.1, 0.15) is 30.5 Å². The highest BCUT2D eigenvalue weighted by Gasteiger charge is 2.85. The average Bonchev–Trinajstić information content (AvgIpc) is 3.24. The first-order chi connectivity index (χ1) is 15.1. The van der Waals surface area contributed by atoms with Crippen molar-refractivity contribution in [2.24, 2.45) is 5.92 Å². The number of aliphatic hydroxyl groups is 3. The molecule has 8 heteroatoms. The van der Waals surface area contributed by atoms with Crippen LogP contribution in [-0.2, 0) is 25.9 Å². The topological polar surface area (TPSA) is 117 Å². The fourth-order valence-electron chi connectivity index (χ4n) is 5.23. The van der Waals surface area contributed by atoms with Gasteiger partial charge in [-0.2, -0.15) is 0 Å². The maximum atomic E-state index is 13.3. The molecule has 5 rings (SSSR count). The van der Waals surface area contributed by atoms with Crippen molar-refractivity contribution < 1.29 is 34.4 Å². The molecule has 0 radical (unpaired) electrons. The Morgan fingerprint density at radius 1 is 1.00 bits per heavy atom. The second-order valence-electron chi connectivity index (χ2n) is 8.75. The molecule has 3 N–H and O–H groups in total. The van der Waals surface area contributed by atoms with Crippen LogP contribution in [-0.4, -0.2) is 51.1 Å². The van der Waals surface area contributed by atoms with Gasteiger partial charge < -0.3 is 29.7 Å². The number of fused-ring (bicyclic) bond motifs is 2. The van der Waals surface area contributed by atoms with Gasteiger partial charge in [-0.3, -0.25) is 9.59 Å². The van der Waals surface area contributed by atoms with Gasteiger partial charge in [0.15, 0.2) is 0 Å². The first kappa shape index (κ1) is 20.7. The molecular weight excluding hydrogens is 414 g/mol. The number of ketones is 1. The van der Waals surface area contributed by atoms with Crippen molar-refractivity contribution in [1.82, 2.24) is 4.90 Å². The molecule has 0 bridgehead atoms. The Hall–Kier alpha value is -3.20. The van der Waals surface area contributed by atoms with Crippen LogP contribution in [0.5, 0.6) is 5.75 Å². The SMILES string of the molecule is COc1ccc(C2=C3C(=O)C(=O)N(CC(C)C)[C@]34C(O)(O)c3ccccc3[C@]4(O)O2)cc1. The number of carbonyl (C=O) groups is 2. The van der Waals surface area contributed by atoms with Crippen LogP contribution in [0.15, 0.2) is 54.1 Å². The van der Waals surface area contributed by atoms with Crippen LogP contribution in [0, 0.1) is 5.92 Å². The molecule has 1 fully saturated rings. The third-order valence-electron chi connectivity index (χ3n) is 6.47. The molecule has 1 amide bonds. The minimum absolute atomic E-state index is 0.00644. The third kappa shape index (κ3) is 2.16. The number of ether oxygens (including phenoxy) is 2. The van der Waals surface area contributed by atoms with Crippen LogP contribution in [0.3, 0.4) is 0 Å². The summed E-state index contributed by atoms with van der Waals surface area (Å²) in [6.07, 6.45) is 0. The van der Waals surface area contributed by atoms with E-state index >= 15 is 0 Å². The Morgan fingerprint density at radius 2 is 1.62 bits per heavy atom. The summed E-state index contributed by atoms with van der Waals surface area (Å²) in [7, 11) is 1.51. The van der Waals surface area contributed by atoms with Crippen LogP contribution >= 0.6 is 0 Å². The molecular formula is C24H23NO7. The van der Waals surface area contributed by atoms with E-state index < -0.39 is 28.8 Å². The molecule has 2 atom stereocenters. The van der Waals surface area contributed by atoms with E-state index in [0.717, 1.165) is 4.90 Å². The molecule has 166 valence electrons. The number of hydrogen-bond donors (Lipinski definition) is 3. The number of carbonyl (C=O) groups excluding carboxylic acids is 2. The largest absolute Gasteiger partial charge is 0.497 e. The minimum atomic E-state index is -2.78. The fraction of sp³-hybridized carbons (Fsp3) is 0.333. The Morgan fingerprint density at radius 3 is 2.22 bits per heavy atom. The molecule has 2 aromatic carbocycles. The van der Waals surface area contributed by atoms with Crippen molar-refractivity contribution in [3.63, 3.8) is 0 Å². The van der Waals surface area contributed by atoms with Gasteiger partial charge in [-0.15, -0.1) is 0 Å². The maximum Gasteiger partial charge on any atom is 0.296 e. The normalized spacial score (nSPS) is 27.5. The van der Waals surface area contributed by atoms with Gasteiger partial charge in [-0.1, -0.05) is 38.1 Å². The summed E-state index contributed by atoms with van der Waals surface area (Å²) in [4.78, 5) is 27.6. The van der Waals surface area contributed by atoms with Crippen LogP contribution in [0.4, 0.5) is 0 Å². The average molecular weight is 437 g/mol. The van der Waals surface area contributed by atoms with Gasteiger partial charge in [0, 0.05) is 23.2 Å². The van der Waals surface area contributed by atoms with E-state index in [9.17, 15) is 24.9 Å². The Bertz CT molecular complexity index is 1180. The van der Waals surface area contributed by atoms with Gasteiger partial charge in [0.1, 0.15) is 11.5 Å². The maximum absolute atomic E-state index is 13.3. The number of likely N-dealkylation sites (tertiary alicyclic amines) is 1. The summed E-state index contributed by atoms with van der Waals surface area (Å²) in [6.45, 7) is 3.66. The van der Waals surface area contributed by atoms with E-state index in [0.29, 0.717) is 11.3 Å². The molecule has 1 spiro atoms. The van der Waals surface area contributed by atoms with Crippen molar-refractivity contribution in [3.8, 4) is 5.75 Å². The molecule has 1 saturated heterocycles. The number of nitrogens with zero attached hydrogens (tertiary/aromatic N) is 1. The molecule has 0 aromatic heterocycles. The minimum Gasteiger partial charge on any atom is -0.497 e. The smallest absolute Gasteiger partial charge is 0.296 e. The molecule has 2 heterocycles. The van der Waals surface area contributed by atoms with E-state index in [1.165, 1.54) is 19.2 Å². The fourth-order valence-corrected chi connectivity index (χ4v) is 5.23. The van der Waals surface area contributed by atoms with Crippen LogP contribution in [0.2, 0.25) is 0 Å². The van der Waals surface area contributed by atoms with E-state index in [1.54, 1.807) is 36.4 Å². The number of benzene rings is 2. The summed E-state index contributed by atoms with van der Waals surface area (Å²) >= 11 is 0. The molecule has 0 unspecified atom stereocenters. The number of methoxy groups -OCH3 is 1. The van der Waals surface area contributed by atoms with Gasteiger partial charge in [0.05, 0.1) is 12.7 Å². The van der Waals surface area contributed by atoms with Crippen LogP contribution < -0.4 is 4.74 Å². The van der Waals surface area contributed by atoms with Gasteiger partial charge in [-0.25, -0.2) is 0 Å². The zero-order valence-corrected chi connectivity index (χ0v) is 17.8. The first-order valence-corrected chi connectivity index (χ1v) is 10.3. The Labute approximate surface area is 184 Å². The molecule has 8 nitrogen and oxygen atoms in total. The molecule has 32 heavy (non-hydrogen) atoms. The summed E-state index contributed by atoms with van der Waals surface area (Å²) in [5.41, 5.74) is -2.06. The monoisotopic (exact) mass is 437 g/mol. The highest BCUT2D eigenvalue weighted by atomic mass is 16.6. The van der Waals surface area contributed by atoms with E-state index in [-0.39, 0.29) is 34.9 Å². The lowest BCUT2D eigenvalue weighted by atomic mass is 9.78. The van der Waals surface area contributed by atoms with Gasteiger partial charge in [0.2, 0.25) is 11.3 Å². The van der Waals surface area contributed by atoms with Gasteiger partial charge in [-0.05, 0) is 30.2 Å². The predicted molar refractivity (Wildman–Crippen MR) is 112 cm³/mol. The molecule has 3 aliphatic rings. The van der Waals surface area contributed by atoms with Crippen molar-refractivity contribution in [3.05, 3.63) is 70.8 Å². The quantitative estimate of drug-likeness (QED) is 0.487. The summed E-state index contributed by atoms with van der Waals surface area (Å²) in [6, 6.07) is 12.7. The zero-order valence-electron chi connectivity index (χ0n) is 17.8. The summed E-state index contributed by atoms with van der Waals surface area (Å²) < 4.78 is 11.2. The number of rotatable bonds is 4. The zero-order chi connectivity index (χ0) is 23.1. The second-order valence-corrected chi connectivity index (χ2v) is 8.75. The lowest BCUT2D eigenvalue weighted by Crippen LogP contribution is -2.66. The Balaban J connectivity index is 1.85. The molecule has 1 aliphatic carbocycles. The van der Waals surface area contributed by atoms with Gasteiger partial charge >= 0.3 is 0 Å². The van der Waals surface area contributed by atoms with Crippen molar-refractivity contribution in [1.29, 1.82) is 0 Å².